The predicted octanol–water partition coefficient (Wildman–Crippen LogP) is 2.83. The fraction of sp³-hybridized carbons (Fsp3) is 0.364. The largest absolute Gasteiger partial charge is 0.303 e. The molecule has 0 saturated heterocycles. The monoisotopic (exact) mass is 180 g/mol. The van der Waals surface area contributed by atoms with Gasteiger partial charge in [-0.1, -0.05) is 13.0 Å². The Hall–Kier alpha value is -1.18. The number of benzene rings is 1. The number of aryl methyl sites for hydroxylation is 1. The molecule has 0 saturated carbocycles. The van der Waals surface area contributed by atoms with Crippen LogP contribution in [0, 0.1) is 12.7 Å². The van der Waals surface area contributed by atoms with E-state index in [0.717, 1.165) is 17.4 Å². The number of aldehydes is 1. The number of carbonyl (C=O) groups excluding carboxylic acids is 1. The molecule has 1 nitrogen and oxygen atoms in total. The van der Waals surface area contributed by atoms with E-state index in [2.05, 4.69) is 0 Å². The van der Waals surface area contributed by atoms with Gasteiger partial charge >= 0.3 is 0 Å². The molecule has 1 rings (SSSR count). The van der Waals surface area contributed by atoms with Crippen LogP contribution >= 0.6 is 0 Å². The van der Waals surface area contributed by atoms with Gasteiger partial charge in [0.05, 0.1) is 0 Å². The molecule has 1 aromatic carbocycles. The van der Waals surface area contributed by atoms with Gasteiger partial charge in [-0.15, -0.1) is 0 Å². The van der Waals surface area contributed by atoms with Crippen LogP contribution in [0.2, 0.25) is 0 Å². The lowest BCUT2D eigenvalue weighted by molar-refractivity contribution is -0.108. The Balaban J connectivity index is 2.93. The minimum atomic E-state index is -0.229. The first-order valence-electron chi connectivity index (χ1n) is 4.34. The third-order valence-electron chi connectivity index (χ3n) is 2.08. The Morgan fingerprint density at radius 1 is 1.46 bits per heavy atom. The average Bonchev–Trinajstić information content (AvgIpc) is 2.03. The Bertz CT molecular complexity index is 287. The van der Waals surface area contributed by atoms with Crippen LogP contribution in [-0.2, 0) is 4.79 Å². The van der Waals surface area contributed by atoms with Crippen molar-refractivity contribution in [2.75, 3.05) is 0 Å². The van der Waals surface area contributed by atoms with Crippen LogP contribution in [0.3, 0.4) is 0 Å². The van der Waals surface area contributed by atoms with E-state index in [9.17, 15) is 9.18 Å². The second-order valence-corrected chi connectivity index (χ2v) is 3.37. The number of halogens is 1. The quantitative estimate of drug-likeness (QED) is 0.654. The van der Waals surface area contributed by atoms with Crippen molar-refractivity contribution >= 4 is 6.29 Å². The van der Waals surface area contributed by atoms with Crippen molar-refractivity contribution in [2.24, 2.45) is 0 Å². The van der Waals surface area contributed by atoms with E-state index in [1.807, 2.05) is 19.9 Å². The number of hydrogen-bond acceptors (Lipinski definition) is 1. The van der Waals surface area contributed by atoms with Crippen LogP contribution in [0.5, 0.6) is 0 Å². The third-order valence-corrected chi connectivity index (χ3v) is 2.08. The highest BCUT2D eigenvalue weighted by Crippen LogP contribution is 2.20. The predicted molar refractivity (Wildman–Crippen MR) is 50.2 cm³/mol. The summed E-state index contributed by atoms with van der Waals surface area (Å²) in [5.41, 5.74) is 1.79. The summed E-state index contributed by atoms with van der Waals surface area (Å²) >= 11 is 0. The SMILES string of the molecule is Cc1cc(F)cc(C(C)CC=O)c1. The fourth-order valence-corrected chi connectivity index (χ4v) is 1.33. The molecule has 13 heavy (non-hydrogen) atoms. The highest BCUT2D eigenvalue weighted by atomic mass is 19.1. The molecule has 0 aliphatic carbocycles. The van der Waals surface area contributed by atoms with Gasteiger partial charge in [-0.05, 0) is 36.1 Å². The van der Waals surface area contributed by atoms with Crippen LogP contribution in [0.4, 0.5) is 4.39 Å². The van der Waals surface area contributed by atoms with Gasteiger partial charge in [0.15, 0.2) is 0 Å². The molecule has 1 atom stereocenters. The molecule has 0 aliphatic heterocycles. The van der Waals surface area contributed by atoms with Crippen LogP contribution < -0.4 is 0 Å². The minimum Gasteiger partial charge on any atom is -0.303 e. The first kappa shape index (κ1) is 9.90. The molecule has 0 radical (unpaired) electrons. The van der Waals surface area contributed by atoms with Gasteiger partial charge < -0.3 is 4.79 Å². The van der Waals surface area contributed by atoms with Gasteiger partial charge in [0.1, 0.15) is 12.1 Å². The molecule has 0 N–H and O–H groups in total. The van der Waals surface area contributed by atoms with E-state index in [4.69, 9.17) is 0 Å². The molecular weight excluding hydrogens is 167 g/mol. The zero-order valence-electron chi connectivity index (χ0n) is 7.88. The molecule has 0 amide bonds. The van der Waals surface area contributed by atoms with Crippen LogP contribution in [0.1, 0.15) is 30.4 Å². The lowest BCUT2D eigenvalue weighted by atomic mass is 9.97. The molecule has 0 spiro atoms. The maximum absolute atomic E-state index is 12.9. The second kappa shape index (κ2) is 4.17. The molecule has 70 valence electrons. The van der Waals surface area contributed by atoms with E-state index in [0.29, 0.717) is 6.42 Å². The molecular formula is C11H13FO. The molecule has 0 heterocycles. The number of carbonyl (C=O) groups is 1. The molecule has 2 heteroatoms. The molecule has 1 aromatic rings. The Morgan fingerprint density at radius 3 is 2.69 bits per heavy atom. The van der Waals surface area contributed by atoms with Crippen LogP contribution in [0.15, 0.2) is 18.2 Å². The Labute approximate surface area is 77.6 Å². The summed E-state index contributed by atoms with van der Waals surface area (Å²) in [5.74, 6) is -0.125. The van der Waals surface area contributed by atoms with E-state index in [1.54, 1.807) is 0 Å². The van der Waals surface area contributed by atoms with Gasteiger partial charge in [0.25, 0.3) is 0 Å². The fourth-order valence-electron chi connectivity index (χ4n) is 1.33. The maximum atomic E-state index is 12.9. The van der Waals surface area contributed by atoms with E-state index >= 15 is 0 Å². The summed E-state index contributed by atoms with van der Waals surface area (Å²) in [6.45, 7) is 3.77. The van der Waals surface area contributed by atoms with Gasteiger partial charge in [-0.2, -0.15) is 0 Å². The lowest BCUT2D eigenvalue weighted by Crippen LogP contribution is -1.95. The summed E-state index contributed by atoms with van der Waals surface area (Å²) in [6.07, 6.45) is 1.31. The number of rotatable bonds is 3. The molecule has 0 aromatic heterocycles. The first-order chi connectivity index (χ1) is 6.13. The second-order valence-electron chi connectivity index (χ2n) is 3.37. The minimum absolute atomic E-state index is 0.104. The third kappa shape index (κ3) is 2.65. The number of hydrogen-bond donors (Lipinski definition) is 0. The van der Waals surface area contributed by atoms with Crippen LogP contribution in [0.25, 0.3) is 0 Å². The Kier molecular flexibility index (Phi) is 3.18. The van der Waals surface area contributed by atoms with Gasteiger partial charge in [0, 0.05) is 6.42 Å². The van der Waals surface area contributed by atoms with Crippen molar-refractivity contribution in [1.29, 1.82) is 0 Å². The lowest BCUT2D eigenvalue weighted by Gasteiger charge is -2.08. The van der Waals surface area contributed by atoms with Gasteiger partial charge in [-0.25, -0.2) is 4.39 Å². The van der Waals surface area contributed by atoms with Crippen molar-refractivity contribution in [3.63, 3.8) is 0 Å². The van der Waals surface area contributed by atoms with Crippen LogP contribution in [-0.4, -0.2) is 6.29 Å². The summed E-state index contributed by atoms with van der Waals surface area (Å²) in [5, 5.41) is 0. The zero-order chi connectivity index (χ0) is 9.84. The van der Waals surface area contributed by atoms with E-state index in [-0.39, 0.29) is 11.7 Å². The smallest absolute Gasteiger partial charge is 0.123 e. The van der Waals surface area contributed by atoms with E-state index < -0.39 is 0 Å². The maximum Gasteiger partial charge on any atom is 0.123 e. The normalized spacial score (nSPS) is 12.5. The standard InChI is InChI=1S/C11H13FO/c1-8-5-10(7-11(12)6-8)9(2)3-4-13/h4-7,9H,3H2,1-2H3. The summed E-state index contributed by atoms with van der Waals surface area (Å²) in [7, 11) is 0. The summed E-state index contributed by atoms with van der Waals surface area (Å²) < 4.78 is 12.9. The van der Waals surface area contributed by atoms with Crippen molar-refractivity contribution in [3.8, 4) is 0 Å². The van der Waals surface area contributed by atoms with Gasteiger partial charge in [-0.3, -0.25) is 0 Å². The molecule has 0 fully saturated rings. The molecule has 0 aliphatic rings. The Morgan fingerprint density at radius 2 is 2.15 bits per heavy atom. The van der Waals surface area contributed by atoms with Crippen molar-refractivity contribution in [2.45, 2.75) is 26.2 Å². The average molecular weight is 180 g/mol. The van der Waals surface area contributed by atoms with Crippen molar-refractivity contribution < 1.29 is 9.18 Å². The molecule has 1 unspecified atom stereocenters. The summed E-state index contributed by atoms with van der Waals surface area (Å²) in [4.78, 5) is 10.3. The van der Waals surface area contributed by atoms with Crippen molar-refractivity contribution in [3.05, 3.63) is 35.1 Å². The van der Waals surface area contributed by atoms with E-state index in [1.165, 1.54) is 12.1 Å². The first-order valence-corrected chi connectivity index (χ1v) is 4.34. The highest BCUT2D eigenvalue weighted by molar-refractivity contribution is 5.51. The van der Waals surface area contributed by atoms with Crippen molar-refractivity contribution in [1.82, 2.24) is 0 Å². The zero-order valence-corrected chi connectivity index (χ0v) is 7.88. The van der Waals surface area contributed by atoms with Gasteiger partial charge in [0.2, 0.25) is 0 Å². The summed E-state index contributed by atoms with van der Waals surface area (Å²) in [6, 6.07) is 4.88. The highest BCUT2D eigenvalue weighted by Gasteiger charge is 2.06. The topological polar surface area (TPSA) is 17.1 Å². The molecule has 0 bridgehead atoms.